The van der Waals surface area contributed by atoms with E-state index in [0.717, 1.165) is 52.9 Å². The maximum Gasteiger partial charge on any atom is 0.232 e. The minimum Gasteiger partial charge on any atom is -0.490 e. The standard InChI is InChI=1S/C37H37BrN2O5S/c1-46(42,43)40(25-26-11-4-2-5-12-26)33-23-28(19-20-31(33)38)34(41)24-39-32(27-13-6-3-7-14-27)21-22-44-36-18-10-16-30-29-15-8-9-17-35(29)45-37(30)36/h2-7,10-14,16,18-20,23,32,39H,8-9,15,17,21-22,24-25H2,1H3. The predicted molar refractivity (Wildman–Crippen MR) is 186 cm³/mol. The summed E-state index contributed by atoms with van der Waals surface area (Å²) in [5.41, 5.74) is 4.85. The first-order chi connectivity index (χ1) is 22.3. The highest BCUT2D eigenvalue weighted by molar-refractivity contribution is 9.10. The Morgan fingerprint density at radius 2 is 1.70 bits per heavy atom. The van der Waals surface area contributed by atoms with E-state index in [0.29, 0.717) is 28.8 Å². The van der Waals surface area contributed by atoms with Crippen LogP contribution in [0.2, 0.25) is 0 Å². The van der Waals surface area contributed by atoms with Gasteiger partial charge in [-0.05, 0) is 64.5 Å². The Hall–Kier alpha value is -3.92. The van der Waals surface area contributed by atoms with Gasteiger partial charge in [0, 0.05) is 39.9 Å². The van der Waals surface area contributed by atoms with E-state index in [-0.39, 0.29) is 24.9 Å². The summed E-state index contributed by atoms with van der Waals surface area (Å²) in [6, 6.07) is 30.4. The van der Waals surface area contributed by atoms with E-state index in [2.05, 4.69) is 27.3 Å². The lowest BCUT2D eigenvalue weighted by atomic mass is 9.96. The van der Waals surface area contributed by atoms with Crippen LogP contribution in [0, 0.1) is 0 Å². The summed E-state index contributed by atoms with van der Waals surface area (Å²) < 4.78 is 40.2. The predicted octanol–water partition coefficient (Wildman–Crippen LogP) is 8.02. The first kappa shape index (κ1) is 32.0. The van der Waals surface area contributed by atoms with Crippen molar-refractivity contribution in [1.29, 1.82) is 0 Å². The Balaban J connectivity index is 1.16. The maximum absolute atomic E-state index is 13.5. The summed E-state index contributed by atoms with van der Waals surface area (Å²) in [7, 11) is -3.64. The van der Waals surface area contributed by atoms with Crippen molar-refractivity contribution in [3.05, 3.63) is 130 Å². The number of fused-ring (bicyclic) bond motifs is 3. The van der Waals surface area contributed by atoms with E-state index >= 15 is 0 Å². The molecule has 46 heavy (non-hydrogen) atoms. The molecule has 1 N–H and O–H groups in total. The van der Waals surface area contributed by atoms with Gasteiger partial charge in [0.05, 0.1) is 31.6 Å². The van der Waals surface area contributed by atoms with Crippen molar-refractivity contribution < 1.29 is 22.4 Å². The summed E-state index contributed by atoms with van der Waals surface area (Å²) in [6.07, 6.45) is 6.14. The average Bonchev–Trinajstić information content (AvgIpc) is 3.45. The molecule has 0 radical (unpaired) electrons. The molecule has 0 aliphatic heterocycles. The number of hydrogen-bond donors (Lipinski definition) is 1. The Labute approximate surface area is 278 Å². The van der Waals surface area contributed by atoms with Crippen LogP contribution in [0.15, 0.2) is 106 Å². The molecule has 1 atom stereocenters. The van der Waals surface area contributed by atoms with E-state index in [4.69, 9.17) is 9.15 Å². The Bertz CT molecular complexity index is 1930. The molecule has 6 rings (SSSR count). The molecule has 0 bridgehead atoms. The van der Waals surface area contributed by atoms with Gasteiger partial charge in [-0.3, -0.25) is 9.10 Å². The first-order valence-electron chi connectivity index (χ1n) is 15.6. The summed E-state index contributed by atoms with van der Waals surface area (Å²) in [4.78, 5) is 13.5. The number of halogens is 1. The first-order valence-corrected chi connectivity index (χ1v) is 18.2. The highest BCUT2D eigenvalue weighted by Crippen LogP contribution is 2.37. The van der Waals surface area contributed by atoms with Crippen molar-refractivity contribution in [3.63, 3.8) is 0 Å². The lowest BCUT2D eigenvalue weighted by Gasteiger charge is -2.24. The quantitative estimate of drug-likeness (QED) is 0.125. The van der Waals surface area contributed by atoms with E-state index in [9.17, 15) is 13.2 Å². The molecule has 1 unspecified atom stereocenters. The normalized spacial score (nSPS) is 13.7. The fourth-order valence-corrected chi connectivity index (χ4v) is 7.52. The number of furan rings is 1. The van der Waals surface area contributed by atoms with Crippen LogP contribution >= 0.6 is 15.9 Å². The van der Waals surface area contributed by atoms with Gasteiger partial charge >= 0.3 is 0 Å². The second kappa shape index (κ2) is 14.2. The Kier molecular flexibility index (Phi) is 9.92. The van der Waals surface area contributed by atoms with Crippen LogP contribution in [0.1, 0.15) is 58.1 Å². The van der Waals surface area contributed by atoms with Gasteiger partial charge in [0.15, 0.2) is 17.1 Å². The van der Waals surface area contributed by atoms with E-state index in [1.807, 2.05) is 72.8 Å². The second-order valence-electron chi connectivity index (χ2n) is 11.7. The number of ketones is 1. The average molecular weight is 702 g/mol. The molecule has 1 heterocycles. The van der Waals surface area contributed by atoms with Gasteiger partial charge in [-0.15, -0.1) is 0 Å². The van der Waals surface area contributed by atoms with Crippen LogP contribution in [0.3, 0.4) is 0 Å². The van der Waals surface area contributed by atoms with Crippen molar-refractivity contribution >= 4 is 48.4 Å². The molecular formula is C37H37BrN2O5S. The molecule has 0 fully saturated rings. The highest BCUT2D eigenvalue weighted by atomic mass is 79.9. The SMILES string of the molecule is CS(=O)(=O)N(Cc1ccccc1)c1cc(C(=O)CNC(CCOc2cccc3c4c(oc23)CCCC4)c2ccccc2)ccc1Br. The molecule has 7 nitrogen and oxygen atoms in total. The zero-order chi connectivity index (χ0) is 32.1. The number of sulfonamides is 1. The monoisotopic (exact) mass is 700 g/mol. The van der Waals surface area contributed by atoms with E-state index in [1.165, 1.54) is 22.5 Å². The second-order valence-corrected chi connectivity index (χ2v) is 14.4. The number of Topliss-reactive ketones (excluding diaryl/α,β-unsaturated/α-hetero) is 1. The molecule has 0 spiro atoms. The van der Waals surface area contributed by atoms with Gasteiger partial charge in [-0.1, -0.05) is 78.9 Å². The number of aryl methyl sites for hydroxylation is 2. The molecule has 0 saturated carbocycles. The molecule has 4 aromatic carbocycles. The summed E-state index contributed by atoms with van der Waals surface area (Å²) in [5.74, 6) is 1.67. The molecule has 1 aliphatic rings. The third-order valence-corrected chi connectivity index (χ3v) is 10.2. The number of nitrogens with zero attached hydrogens (tertiary/aromatic N) is 1. The number of nitrogens with one attached hydrogen (secondary N) is 1. The van der Waals surface area contributed by atoms with Crippen molar-refractivity contribution in [2.45, 2.75) is 44.7 Å². The van der Waals surface area contributed by atoms with Crippen LogP contribution < -0.4 is 14.4 Å². The number of para-hydroxylation sites is 1. The lowest BCUT2D eigenvalue weighted by molar-refractivity contribution is 0.0985. The number of ether oxygens (including phenoxy) is 1. The Morgan fingerprint density at radius 3 is 2.46 bits per heavy atom. The molecule has 1 aromatic heterocycles. The molecule has 1 aliphatic carbocycles. The highest BCUT2D eigenvalue weighted by Gasteiger charge is 2.23. The number of carbonyl (C=O) groups is 1. The minimum absolute atomic E-state index is 0.0681. The van der Waals surface area contributed by atoms with Gasteiger partial charge < -0.3 is 14.5 Å². The van der Waals surface area contributed by atoms with Gasteiger partial charge in [0.2, 0.25) is 10.0 Å². The maximum atomic E-state index is 13.5. The summed E-state index contributed by atoms with van der Waals surface area (Å²) >= 11 is 3.50. The Morgan fingerprint density at radius 1 is 0.957 bits per heavy atom. The molecule has 5 aromatic rings. The summed E-state index contributed by atoms with van der Waals surface area (Å²) in [5, 5.41) is 4.58. The largest absolute Gasteiger partial charge is 0.490 e. The zero-order valence-electron chi connectivity index (χ0n) is 25.7. The molecule has 9 heteroatoms. The number of rotatable bonds is 13. The fourth-order valence-electron chi connectivity index (χ4n) is 6.05. The van der Waals surface area contributed by atoms with Crippen LogP contribution in [0.4, 0.5) is 5.69 Å². The van der Waals surface area contributed by atoms with Gasteiger partial charge in [-0.25, -0.2) is 8.42 Å². The van der Waals surface area contributed by atoms with Crippen molar-refractivity contribution in [2.24, 2.45) is 0 Å². The molecule has 238 valence electrons. The van der Waals surface area contributed by atoms with E-state index in [1.54, 1.807) is 18.2 Å². The van der Waals surface area contributed by atoms with Crippen molar-refractivity contribution in [1.82, 2.24) is 5.32 Å². The van der Waals surface area contributed by atoms with Crippen molar-refractivity contribution in [2.75, 3.05) is 23.7 Å². The summed E-state index contributed by atoms with van der Waals surface area (Å²) in [6.45, 7) is 0.647. The fraction of sp³-hybridized carbons (Fsp3) is 0.270. The minimum atomic E-state index is -3.64. The van der Waals surface area contributed by atoms with Gasteiger partial charge in [0.25, 0.3) is 0 Å². The number of hydrogen-bond acceptors (Lipinski definition) is 6. The van der Waals surface area contributed by atoms with Gasteiger partial charge in [0.1, 0.15) is 5.76 Å². The third-order valence-electron chi connectivity index (χ3n) is 8.43. The lowest BCUT2D eigenvalue weighted by Crippen LogP contribution is -2.31. The van der Waals surface area contributed by atoms with E-state index < -0.39 is 10.0 Å². The van der Waals surface area contributed by atoms with Crippen LogP contribution in [-0.2, 0) is 29.4 Å². The molecular weight excluding hydrogens is 664 g/mol. The van der Waals surface area contributed by atoms with Gasteiger partial charge in [-0.2, -0.15) is 0 Å². The van der Waals surface area contributed by atoms with Crippen LogP contribution in [-0.4, -0.2) is 33.6 Å². The molecule has 0 amide bonds. The molecule has 0 saturated heterocycles. The number of benzene rings is 4. The topological polar surface area (TPSA) is 88.9 Å². The van der Waals surface area contributed by atoms with Crippen LogP contribution in [0.5, 0.6) is 5.75 Å². The van der Waals surface area contributed by atoms with Crippen molar-refractivity contribution in [3.8, 4) is 5.75 Å². The zero-order valence-corrected chi connectivity index (χ0v) is 28.1. The number of anilines is 1. The van der Waals surface area contributed by atoms with Crippen LogP contribution in [0.25, 0.3) is 11.0 Å². The third kappa shape index (κ3) is 7.38. The number of carbonyl (C=O) groups excluding carboxylic acids is 1. The smallest absolute Gasteiger partial charge is 0.232 e.